The zero-order valence-corrected chi connectivity index (χ0v) is 69.3. The standard InChI is InChI=1S/C30H27ClF4N2O6.C30H29ClF3N3O4.C29H28Cl2N2O5/c1-41-22-11-21(12-23(13-22)42-15-16-8-19(9-16)29(39)40)36-27(17-2-4-20(31)5-3-17)28(38)37-7-6-18-10-24(32)26(14-25(18)37)43-30(33,34)35;1-17(38)20-11-22(12-20)35-23-13-24(15-26(14-23)40-2)36-28(19-3-6-21(31)7-4-19)29(39)37-10-9-18-5-8-25(16-27(18)37)41-30(32,33)34;1-16-9-18-7-8-33(26(18)15-25(16)31)28(34)27(17-3-5-20(30)6-4-17)32-21-12-22(37-2)14-24(13-21)38-23-10-19(11-23)29(35)36/h2-5,10-14,16,19,27,36H,6-9,15H2,1H3,(H,39,40);3-8,13-16,20,22,28,35-36H,9-12H2,1-2H3;3-6,9,12-15,19,23,27,32H,7-8,10-11H2,1-2H3,(H,35,36). The summed E-state index contributed by atoms with van der Waals surface area (Å²) >= 11 is 24.7. The molecule has 3 aliphatic carbocycles. The average Bonchev–Trinajstić information content (AvgIpc) is 1.59. The third-order valence-electron chi connectivity index (χ3n) is 22.1. The summed E-state index contributed by atoms with van der Waals surface area (Å²) < 4.78 is 128. The van der Waals surface area contributed by atoms with Gasteiger partial charge in [-0.15, -0.1) is 26.3 Å². The Morgan fingerprint density at radius 3 is 1.35 bits per heavy atom. The first-order valence-corrected chi connectivity index (χ1v) is 40.5. The molecule has 3 aliphatic heterocycles. The summed E-state index contributed by atoms with van der Waals surface area (Å²) in [6.07, 6.45) is -5.21. The van der Waals surface area contributed by atoms with Crippen molar-refractivity contribution < 1.29 is 103 Å². The molecule has 0 aromatic heterocycles. The van der Waals surface area contributed by atoms with Gasteiger partial charge in [-0.05, 0) is 177 Å². The van der Waals surface area contributed by atoms with Crippen molar-refractivity contribution in [1.82, 2.24) is 0 Å². The van der Waals surface area contributed by atoms with Crippen LogP contribution in [0.1, 0.15) is 103 Å². The fourth-order valence-corrected chi connectivity index (χ4v) is 15.9. The fraction of sp³-hybridized carbons (Fsp3) is 0.326. The molecule has 3 amide bonds. The van der Waals surface area contributed by atoms with Crippen molar-refractivity contribution in [3.8, 4) is 40.2 Å². The Bertz CT molecular complexity index is 5370. The lowest BCUT2D eigenvalue weighted by atomic mass is 9.75. The second kappa shape index (κ2) is 37.8. The molecule has 9 aromatic rings. The molecule has 0 radical (unpaired) electrons. The van der Waals surface area contributed by atoms with E-state index in [1.807, 2.05) is 43.3 Å². The van der Waals surface area contributed by atoms with Gasteiger partial charge in [0.25, 0.3) is 17.7 Å². The van der Waals surface area contributed by atoms with E-state index in [2.05, 4.69) is 30.7 Å². The average molecular weight is 1770 g/mol. The summed E-state index contributed by atoms with van der Waals surface area (Å²) in [5, 5.41) is 33.7. The van der Waals surface area contributed by atoms with Gasteiger partial charge in [0.05, 0.1) is 51.1 Å². The van der Waals surface area contributed by atoms with Crippen molar-refractivity contribution in [2.75, 3.05) is 83.5 Å². The van der Waals surface area contributed by atoms with Gasteiger partial charge in [-0.25, -0.2) is 4.39 Å². The Labute approximate surface area is 717 Å². The number of ketones is 1. The van der Waals surface area contributed by atoms with Crippen LogP contribution in [0.25, 0.3) is 0 Å². The highest BCUT2D eigenvalue weighted by Crippen LogP contribution is 2.45. The van der Waals surface area contributed by atoms with Gasteiger partial charge in [0.15, 0.2) is 11.6 Å². The lowest BCUT2D eigenvalue weighted by Crippen LogP contribution is -2.38. The zero-order valence-electron chi connectivity index (χ0n) is 66.3. The van der Waals surface area contributed by atoms with Gasteiger partial charge in [-0.2, -0.15) is 0 Å². The third kappa shape index (κ3) is 21.8. The number of fused-ring (bicyclic) bond motifs is 3. The Morgan fingerprint density at radius 1 is 0.459 bits per heavy atom. The number of aryl methyl sites for hydroxylation is 1. The van der Waals surface area contributed by atoms with Crippen molar-refractivity contribution >= 4 is 122 Å². The molecule has 6 N–H and O–H groups in total. The van der Waals surface area contributed by atoms with Crippen molar-refractivity contribution in [2.45, 2.75) is 115 Å². The van der Waals surface area contributed by atoms with Gasteiger partial charge in [-0.1, -0.05) is 94.9 Å². The number of alkyl halides is 6. The molecule has 3 atom stereocenters. The molecule has 3 saturated carbocycles. The Hall–Kier alpha value is -11.5. The van der Waals surface area contributed by atoms with Gasteiger partial charge in [0.1, 0.15) is 64.5 Å². The normalized spacial score (nSPS) is 18.6. The van der Waals surface area contributed by atoms with E-state index in [-0.39, 0.29) is 72.1 Å². The molecule has 33 heteroatoms. The predicted molar refractivity (Wildman–Crippen MR) is 448 cm³/mol. The molecular formula is C89H84Cl4F7N7O15. The number of methoxy groups -OCH3 is 3. The molecular weight excluding hydrogens is 1680 g/mol. The first-order valence-electron chi connectivity index (χ1n) is 39.0. The minimum Gasteiger partial charge on any atom is -0.497 e. The first kappa shape index (κ1) is 88.3. The number of carbonyl (C=O) groups is 6. The number of amides is 3. The number of ether oxygens (including phenoxy) is 7. The maximum absolute atomic E-state index is 14.4. The molecule has 122 heavy (non-hydrogen) atoms. The number of Topliss-reactive ketones (excluding diaryl/α,β-unsaturated/α-hetero) is 1. The topological polar surface area (TPSA) is 265 Å². The summed E-state index contributed by atoms with van der Waals surface area (Å²) in [7, 11) is 4.57. The van der Waals surface area contributed by atoms with Crippen LogP contribution in [-0.4, -0.2) is 118 Å². The van der Waals surface area contributed by atoms with Gasteiger partial charge >= 0.3 is 24.7 Å². The number of anilines is 7. The second-order valence-corrected chi connectivity index (χ2v) is 32.1. The number of nitrogens with one attached hydrogen (secondary N) is 4. The van der Waals surface area contributed by atoms with E-state index in [0.717, 1.165) is 65.0 Å². The van der Waals surface area contributed by atoms with Crippen LogP contribution in [0.15, 0.2) is 170 Å². The molecule has 3 unspecified atom stereocenters. The smallest absolute Gasteiger partial charge is 0.497 e. The maximum Gasteiger partial charge on any atom is 0.573 e. The van der Waals surface area contributed by atoms with Crippen LogP contribution >= 0.6 is 46.4 Å². The number of nitrogens with zero attached hydrogens (tertiary/aromatic N) is 3. The van der Waals surface area contributed by atoms with Crippen molar-refractivity contribution in [1.29, 1.82) is 0 Å². The molecule has 22 nitrogen and oxygen atoms in total. The summed E-state index contributed by atoms with van der Waals surface area (Å²) in [6, 6.07) is 43.5. The van der Waals surface area contributed by atoms with Crippen molar-refractivity contribution in [3.05, 3.63) is 235 Å². The molecule has 9 aromatic carbocycles. The highest BCUT2D eigenvalue weighted by Gasteiger charge is 2.42. The van der Waals surface area contributed by atoms with E-state index >= 15 is 0 Å². The molecule has 642 valence electrons. The molecule has 0 saturated heterocycles. The summed E-state index contributed by atoms with van der Waals surface area (Å²) in [6.45, 7) is 4.84. The van der Waals surface area contributed by atoms with E-state index in [1.54, 1.807) is 135 Å². The van der Waals surface area contributed by atoms with E-state index in [4.69, 9.17) is 80.3 Å². The first-order chi connectivity index (χ1) is 58.1. The van der Waals surface area contributed by atoms with E-state index in [9.17, 15) is 59.5 Å². The summed E-state index contributed by atoms with van der Waals surface area (Å²) in [5.41, 5.74) is 8.81. The largest absolute Gasteiger partial charge is 0.573 e. The SMILES string of the molecule is COc1cc(NC(C(=O)N2CCc3cc(C)c(Cl)cc32)c2ccc(Cl)cc2)cc(OC2CC(C(=O)O)C2)c1.COc1cc(NC(C(=O)N2CCc3cc(F)c(OC(F)(F)F)cc32)c2ccc(Cl)cc2)cc(OCC2CC(C(=O)O)C2)c1.COc1cc(NC2CC(C(C)=O)C2)cc(NC(C(=O)N2CCc3ccc(OC(F)(F)F)cc32)c2ccc(Cl)cc2)c1. The maximum atomic E-state index is 14.4. The number of carboxylic acid groups (broad SMARTS) is 2. The molecule has 0 bridgehead atoms. The highest BCUT2D eigenvalue weighted by molar-refractivity contribution is 6.32. The summed E-state index contributed by atoms with van der Waals surface area (Å²) in [5.74, 6) is -3.12. The van der Waals surface area contributed by atoms with E-state index in [1.165, 1.54) is 29.0 Å². The molecule has 3 heterocycles. The van der Waals surface area contributed by atoms with E-state index in [0.29, 0.717) is 140 Å². The van der Waals surface area contributed by atoms with Crippen LogP contribution in [0, 0.1) is 36.4 Å². The predicted octanol–water partition coefficient (Wildman–Crippen LogP) is 19.7. The Kier molecular flexibility index (Phi) is 27.4. The lowest BCUT2D eigenvalue weighted by Gasteiger charge is -2.35. The van der Waals surface area contributed by atoms with Crippen LogP contribution in [0.5, 0.6) is 40.2 Å². The fourth-order valence-electron chi connectivity index (χ4n) is 15.4. The molecule has 15 rings (SSSR count). The molecule has 6 aliphatic rings. The van der Waals surface area contributed by atoms with Crippen molar-refractivity contribution in [3.63, 3.8) is 0 Å². The lowest BCUT2D eigenvalue weighted by molar-refractivity contribution is -0.276. The number of hydrogen-bond acceptors (Lipinski definition) is 17. The van der Waals surface area contributed by atoms with Crippen LogP contribution in [0.4, 0.5) is 70.5 Å². The number of halogens is 11. The minimum absolute atomic E-state index is 0.0630. The third-order valence-corrected chi connectivity index (χ3v) is 23.2. The van der Waals surface area contributed by atoms with E-state index < -0.39 is 66.0 Å². The number of aliphatic carboxylic acids is 2. The number of benzene rings is 9. The van der Waals surface area contributed by atoms with Crippen LogP contribution in [0.3, 0.4) is 0 Å². The zero-order chi connectivity index (χ0) is 87.2. The van der Waals surface area contributed by atoms with Crippen LogP contribution in [0.2, 0.25) is 20.1 Å². The Balaban J connectivity index is 0.000000158. The second-order valence-electron chi connectivity index (χ2n) is 30.4. The quantitative estimate of drug-likeness (QED) is 0.0261. The van der Waals surface area contributed by atoms with Crippen LogP contribution < -0.4 is 69.1 Å². The monoisotopic (exact) mass is 1760 g/mol. The highest BCUT2D eigenvalue weighted by atomic mass is 35.5. The molecule has 3 fully saturated rings. The molecule has 0 spiro atoms. The van der Waals surface area contributed by atoms with Crippen LogP contribution in [-0.2, 0) is 48.0 Å². The number of carboxylic acids is 2. The number of carbonyl (C=O) groups excluding carboxylic acids is 4. The van der Waals surface area contributed by atoms with Gasteiger partial charge in [0.2, 0.25) is 0 Å². The Morgan fingerprint density at radius 2 is 0.877 bits per heavy atom. The minimum atomic E-state index is -5.11. The van der Waals surface area contributed by atoms with Gasteiger partial charge in [0, 0.05) is 141 Å². The van der Waals surface area contributed by atoms with Gasteiger partial charge in [-0.3, -0.25) is 28.8 Å². The van der Waals surface area contributed by atoms with Gasteiger partial charge < -0.3 is 79.3 Å². The van der Waals surface area contributed by atoms with Crippen molar-refractivity contribution in [2.24, 2.45) is 23.7 Å². The number of rotatable bonds is 27. The summed E-state index contributed by atoms with van der Waals surface area (Å²) in [4.78, 5) is 80.5. The number of hydrogen-bond donors (Lipinski definition) is 6.